The maximum atomic E-state index is 13.8. The minimum absolute atomic E-state index is 0.00129. The number of nitrogens with one attached hydrogen (secondary N) is 2. The van der Waals surface area contributed by atoms with Crippen LogP contribution in [0, 0.1) is 5.82 Å². The van der Waals surface area contributed by atoms with Gasteiger partial charge >= 0.3 is 0 Å². The first-order valence-electron chi connectivity index (χ1n) is 8.40. The molecule has 0 aromatic heterocycles. The van der Waals surface area contributed by atoms with Gasteiger partial charge in [-0.05, 0) is 24.6 Å². The number of piperazine rings is 1. The van der Waals surface area contributed by atoms with Gasteiger partial charge < -0.3 is 10.6 Å². The summed E-state index contributed by atoms with van der Waals surface area (Å²) < 4.78 is 41.0. The van der Waals surface area contributed by atoms with Crippen LogP contribution in [0.15, 0.2) is 23.1 Å². The molecule has 1 unspecified atom stereocenters. The Hall–Kier alpha value is -1.55. The molecule has 7 nitrogen and oxygen atoms in total. The molecule has 0 saturated carbocycles. The number of benzene rings is 1. The van der Waals surface area contributed by atoms with E-state index in [4.69, 9.17) is 0 Å². The molecule has 1 atom stereocenters. The van der Waals surface area contributed by atoms with E-state index < -0.39 is 21.7 Å². The van der Waals surface area contributed by atoms with Crippen molar-refractivity contribution in [3.63, 3.8) is 0 Å². The summed E-state index contributed by atoms with van der Waals surface area (Å²) in [6.07, 6.45) is 0.791. The van der Waals surface area contributed by atoms with Crippen molar-refractivity contribution in [2.45, 2.75) is 24.3 Å². The number of rotatable bonds is 4. The van der Waals surface area contributed by atoms with Gasteiger partial charge in [0.25, 0.3) is 0 Å². The van der Waals surface area contributed by atoms with Gasteiger partial charge in [-0.15, -0.1) is 0 Å². The summed E-state index contributed by atoms with van der Waals surface area (Å²) in [4.78, 5) is 13.5. The number of carbonyl (C=O) groups is 1. The van der Waals surface area contributed by atoms with E-state index in [1.807, 2.05) is 0 Å². The lowest BCUT2D eigenvalue weighted by Crippen LogP contribution is -2.49. The number of carbonyl (C=O) groups excluding carboxylic acids is 1. The lowest BCUT2D eigenvalue weighted by molar-refractivity contribution is -0.114. The topological polar surface area (TPSA) is 81.8 Å². The summed E-state index contributed by atoms with van der Waals surface area (Å²) >= 11 is 0. The first kappa shape index (κ1) is 18.2. The van der Waals surface area contributed by atoms with Crippen LogP contribution in [-0.2, 0) is 14.8 Å². The minimum atomic E-state index is -3.71. The number of hydrogen-bond acceptors (Lipinski definition) is 5. The molecule has 2 saturated heterocycles. The molecular weight excluding hydrogens is 347 g/mol. The molecule has 0 bridgehead atoms. The largest absolute Gasteiger partial charge is 0.324 e. The standard InChI is InChI=1S/C16H23FN4O3S/c1-12(22)19-16-10-14(2-3-15(16)17)25(23,24)21-7-4-13(11-21)20-8-5-18-6-9-20/h2-3,10,13,18H,4-9,11H2,1H3,(H,19,22). The van der Waals surface area contributed by atoms with Crippen molar-refractivity contribution < 1.29 is 17.6 Å². The molecule has 0 aliphatic carbocycles. The molecule has 9 heteroatoms. The molecule has 2 aliphatic heterocycles. The van der Waals surface area contributed by atoms with Crippen LogP contribution >= 0.6 is 0 Å². The Labute approximate surface area is 147 Å². The number of hydrogen-bond donors (Lipinski definition) is 2. The average Bonchev–Trinajstić information content (AvgIpc) is 3.08. The quantitative estimate of drug-likeness (QED) is 0.804. The van der Waals surface area contributed by atoms with Crippen LogP contribution in [0.4, 0.5) is 10.1 Å². The zero-order valence-electron chi connectivity index (χ0n) is 14.2. The fourth-order valence-corrected chi connectivity index (χ4v) is 4.89. The third-order valence-electron chi connectivity index (χ3n) is 4.68. The molecule has 3 rings (SSSR count). The van der Waals surface area contributed by atoms with Gasteiger partial charge in [-0.3, -0.25) is 9.69 Å². The molecule has 138 valence electrons. The fourth-order valence-electron chi connectivity index (χ4n) is 3.37. The normalized spacial score (nSPS) is 22.9. The molecule has 2 heterocycles. The van der Waals surface area contributed by atoms with E-state index in [1.165, 1.54) is 23.4 Å². The second kappa shape index (κ2) is 7.36. The SMILES string of the molecule is CC(=O)Nc1cc(S(=O)(=O)N2CCC(N3CCNCC3)C2)ccc1F. The lowest BCUT2D eigenvalue weighted by Gasteiger charge is -2.32. The summed E-state index contributed by atoms with van der Waals surface area (Å²) in [7, 11) is -3.71. The fraction of sp³-hybridized carbons (Fsp3) is 0.562. The van der Waals surface area contributed by atoms with Crippen LogP contribution in [0.5, 0.6) is 0 Å². The highest BCUT2D eigenvalue weighted by Crippen LogP contribution is 2.26. The van der Waals surface area contributed by atoms with E-state index >= 15 is 0 Å². The van der Waals surface area contributed by atoms with E-state index in [1.54, 1.807) is 0 Å². The van der Waals surface area contributed by atoms with Gasteiger partial charge in [0.1, 0.15) is 5.82 Å². The van der Waals surface area contributed by atoms with Gasteiger partial charge in [0.2, 0.25) is 15.9 Å². The Bertz CT molecular complexity index is 750. The van der Waals surface area contributed by atoms with Crippen LogP contribution in [0.2, 0.25) is 0 Å². The van der Waals surface area contributed by atoms with E-state index in [0.717, 1.165) is 38.7 Å². The third kappa shape index (κ3) is 4.00. The summed E-state index contributed by atoms with van der Waals surface area (Å²) in [5, 5.41) is 5.61. The Morgan fingerprint density at radius 3 is 2.68 bits per heavy atom. The Morgan fingerprint density at radius 2 is 2.00 bits per heavy atom. The van der Waals surface area contributed by atoms with Crippen molar-refractivity contribution in [1.82, 2.24) is 14.5 Å². The Kier molecular flexibility index (Phi) is 5.38. The minimum Gasteiger partial charge on any atom is -0.324 e. The van der Waals surface area contributed by atoms with Crippen molar-refractivity contribution in [3.8, 4) is 0 Å². The van der Waals surface area contributed by atoms with Gasteiger partial charge in [-0.25, -0.2) is 12.8 Å². The summed E-state index contributed by atoms with van der Waals surface area (Å²) in [6.45, 7) is 5.81. The van der Waals surface area contributed by atoms with Crippen LogP contribution in [-0.4, -0.2) is 68.8 Å². The smallest absolute Gasteiger partial charge is 0.243 e. The summed E-state index contributed by atoms with van der Waals surface area (Å²) in [5.41, 5.74) is -0.119. The van der Waals surface area contributed by atoms with Crippen molar-refractivity contribution >= 4 is 21.6 Å². The molecule has 2 aliphatic rings. The molecular formula is C16H23FN4O3S. The van der Waals surface area contributed by atoms with Crippen LogP contribution in [0.1, 0.15) is 13.3 Å². The highest BCUT2D eigenvalue weighted by atomic mass is 32.2. The first-order chi connectivity index (χ1) is 11.9. The molecule has 0 spiro atoms. The molecule has 25 heavy (non-hydrogen) atoms. The van der Waals surface area contributed by atoms with Gasteiger partial charge in [-0.1, -0.05) is 0 Å². The highest BCUT2D eigenvalue weighted by molar-refractivity contribution is 7.89. The van der Waals surface area contributed by atoms with Crippen molar-refractivity contribution in [3.05, 3.63) is 24.0 Å². The number of anilines is 1. The Balaban J connectivity index is 1.76. The number of halogens is 1. The Morgan fingerprint density at radius 1 is 1.28 bits per heavy atom. The van der Waals surface area contributed by atoms with E-state index in [-0.39, 0.29) is 16.6 Å². The second-order valence-electron chi connectivity index (χ2n) is 6.41. The number of amides is 1. The van der Waals surface area contributed by atoms with Crippen molar-refractivity contribution in [1.29, 1.82) is 0 Å². The van der Waals surface area contributed by atoms with Gasteiger partial charge in [-0.2, -0.15) is 4.31 Å². The maximum Gasteiger partial charge on any atom is 0.243 e. The van der Waals surface area contributed by atoms with Crippen molar-refractivity contribution in [2.24, 2.45) is 0 Å². The molecule has 2 fully saturated rings. The summed E-state index contributed by atoms with van der Waals surface area (Å²) in [5.74, 6) is -1.11. The molecule has 2 N–H and O–H groups in total. The average molecular weight is 370 g/mol. The van der Waals surface area contributed by atoms with Crippen molar-refractivity contribution in [2.75, 3.05) is 44.6 Å². The van der Waals surface area contributed by atoms with E-state index in [9.17, 15) is 17.6 Å². The van der Waals surface area contributed by atoms with Gasteiger partial charge in [0, 0.05) is 52.2 Å². The highest BCUT2D eigenvalue weighted by Gasteiger charge is 2.35. The number of sulfonamides is 1. The monoisotopic (exact) mass is 370 g/mol. The lowest BCUT2D eigenvalue weighted by atomic mass is 10.2. The third-order valence-corrected chi connectivity index (χ3v) is 6.54. The summed E-state index contributed by atoms with van der Waals surface area (Å²) in [6, 6.07) is 3.72. The predicted molar refractivity (Wildman–Crippen MR) is 92.3 cm³/mol. The maximum absolute atomic E-state index is 13.8. The van der Waals surface area contributed by atoms with Gasteiger partial charge in [0.15, 0.2) is 0 Å². The number of nitrogens with zero attached hydrogens (tertiary/aromatic N) is 2. The molecule has 1 aromatic carbocycles. The predicted octanol–water partition coefficient (Wildman–Crippen LogP) is 0.452. The van der Waals surface area contributed by atoms with Crippen LogP contribution < -0.4 is 10.6 Å². The second-order valence-corrected chi connectivity index (χ2v) is 8.35. The van der Waals surface area contributed by atoms with Crippen LogP contribution in [0.3, 0.4) is 0 Å². The van der Waals surface area contributed by atoms with Gasteiger partial charge in [0.05, 0.1) is 10.6 Å². The van der Waals surface area contributed by atoms with E-state index in [2.05, 4.69) is 15.5 Å². The molecule has 1 amide bonds. The van der Waals surface area contributed by atoms with E-state index in [0.29, 0.717) is 13.1 Å². The zero-order chi connectivity index (χ0) is 18.0. The van der Waals surface area contributed by atoms with Crippen LogP contribution in [0.25, 0.3) is 0 Å². The first-order valence-corrected chi connectivity index (χ1v) is 9.84. The zero-order valence-corrected chi connectivity index (χ0v) is 15.0. The molecule has 1 aromatic rings. The molecule has 0 radical (unpaired) electrons.